The summed E-state index contributed by atoms with van der Waals surface area (Å²) in [6.45, 7) is 0. The number of alkyl halides is 1. The summed E-state index contributed by atoms with van der Waals surface area (Å²) >= 11 is 0. The van der Waals surface area contributed by atoms with Gasteiger partial charge in [0.15, 0.2) is 0 Å². The van der Waals surface area contributed by atoms with Crippen LogP contribution in [0.15, 0.2) is 6.07 Å². The molecule has 0 heterocycles. The monoisotopic (exact) mass is 221 g/mol. The first-order chi connectivity index (χ1) is 7.66. The highest BCUT2D eigenvalue weighted by atomic mass is 19.1. The summed E-state index contributed by atoms with van der Waals surface area (Å²) < 4.78 is 13.3. The second-order valence-electron chi connectivity index (χ2n) is 4.62. The Labute approximate surface area is 92.4 Å². The summed E-state index contributed by atoms with van der Waals surface area (Å²) in [5.74, 6) is 0. The van der Waals surface area contributed by atoms with E-state index < -0.39 is 6.17 Å². The average molecular weight is 221 g/mol. The van der Waals surface area contributed by atoms with Gasteiger partial charge >= 0.3 is 0 Å². The van der Waals surface area contributed by atoms with Gasteiger partial charge in [0.2, 0.25) is 0 Å². The number of rotatable bonds is 1. The highest BCUT2D eigenvalue weighted by molar-refractivity contribution is 5.59. The number of halogens is 1. The second-order valence-corrected chi connectivity index (χ2v) is 4.62. The average Bonchev–Trinajstić information content (AvgIpc) is 2.77. The Hall–Kier alpha value is -1.45. The zero-order valence-corrected chi connectivity index (χ0v) is 8.83. The summed E-state index contributed by atoms with van der Waals surface area (Å²) in [6, 6.07) is 1.99. The molecule has 1 atom stereocenters. The van der Waals surface area contributed by atoms with E-state index in [1.807, 2.05) is 6.07 Å². The smallest absolute Gasteiger partial charge is 0.258 e. The predicted molar refractivity (Wildman–Crippen MR) is 57.4 cm³/mol. The lowest BCUT2D eigenvalue weighted by Gasteiger charge is -2.06. The molecule has 0 aromatic heterocycles. The molecule has 84 valence electrons. The van der Waals surface area contributed by atoms with Gasteiger partial charge in [0.1, 0.15) is 6.17 Å². The van der Waals surface area contributed by atoms with E-state index in [9.17, 15) is 14.5 Å². The second kappa shape index (κ2) is 3.27. The van der Waals surface area contributed by atoms with Crippen molar-refractivity contribution >= 4 is 5.69 Å². The fourth-order valence-electron chi connectivity index (χ4n) is 2.99. The molecule has 0 bridgehead atoms. The Balaban J connectivity index is 2.25. The molecule has 3 rings (SSSR count). The van der Waals surface area contributed by atoms with Crippen LogP contribution in [0.3, 0.4) is 0 Å². The molecular weight excluding hydrogens is 209 g/mol. The molecule has 0 radical (unpaired) electrons. The van der Waals surface area contributed by atoms with Crippen molar-refractivity contribution in [1.82, 2.24) is 0 Å². The zero-order valence-electron chi connectivity index (χ0n) is 8.83. The molecule has 0 spiro atoms. The van der Waals surface area contributed by atoms with Crippen LogP contribution in [0.25, 0.3) is 0 Å². The molecule has 16 heavy (non-hydrogen) atoms. The van der Waals surface area contributed by atoms with Gasteiger partial charge in [-0.1, -0.05) is 6.07 Å². The minimum atomic E-state index is -0.934. The maximum atomic E-state index is 13.3. The fourth-order valence-corrected chi connectivity index (χ4v) is 2.99. The first-order valence-corrected chi connectivity index (χ1v) is 5.62. The van der Waals surface area contributed by atoms with Crippen molar-refractivity contribution in [3.05, 3.63) is 38.4 Å². The molecule has 0 N–H and O–H groups in total. The topological polar surface area (TPSA) is 43.1 Å². The maximum Gasteiger partial charge on any atom is 0.276 e. The zero-order chi connectivity index (χ0) is 11.3. The molecule has 0 aliphatic heterocycles. The number of nitrogens with zero attached hydrogens (tertiary/aromatic N) is 1. The van der Waals surface area contributed by atoms with Gasteiger partial charge in [-0.3, -0.25) is 10.1 Å². The van der Waals surface area contributed by atoms with Crippen LogP contribution in [0.5, 0.6) is 0 Å². The van der Waals surface area contributed by atoms with Crippen molar-refractivity contribution in [2.75, 3.05) is 0 Å². The van der Waals surface area contributed by atoms with Crippen LogP contribution in [-0.4, -0.2) is 11.1 Å². The molecule has 0 unspecified atom stereocenters. The fraction of sp³-hybridized carbons (Fsp3) is 0.500. The molecular formula is C12H12FNO2. The van der Waals surface area contributed by atoms with Gasteiger partial charge in [0, 0.05) is 24.0 Å². The number of fused-ring (bicyclic) bond motifs is 2. The molecule has 2 aliphatic rings. The van der Waals surface area contributed by atoms with Gasteiger partial charge in [0.25, 0.3) is 5.69 Å². The Kier molecular flexibility index (Phi) is 1.99. The van der Waals surface area contributed by atoms with E-state index >= 15 is 0 Å². The highest BCUT2D eigenvalue weighted by Gasteiger charge is 2.34. The van der Waals surface area contributed by atoms with Crippen molar-refractivity contribution in [3.8, 4) is 0 Å². The van der Waals surface area contributed by atoms with E-state index in [2.05, 4.69) is 0 Å². The van der Waals surface area contributed by atoms with Crippen LogP contribution in [-0.2, 0) is 25.7 Å². The summed E-state index contributed by atoms with van der Waals surface area (Å²) in [7, 11) is 0. The molecule has 4 heteroatoms. The third-order valence-electron chi connectivity index (χ3n) is 3.62. The summed E-state index contributed by atoms with van der Waals surface area (Å²) in [5, 5.41) is 11.1. The van der Waals surface area contributed by atoms with E-state index in [1.165, 1.54) is 0 Å². The summed E-state index contributed by atoms with van der Waals surface area (Å²) in [4.78, 5) is 10.8. The van der Waals surface area contributed by atoms with Gasteiger partial charge < -0.3 is 0 Å². The van der Waals surface area contributed by atoms with Crippen molar-refractivity contribution in [3.63, 3.8) is 0 Å². The van der Waals surface area contributed by atoms with E-state index in [0.717, 1.165) is 36.0 Å². The third kappa shape index (κ3) is 1.25. The standard InChI is InChI=1S/C12H12FNO2/c13-9-5-8-4-7-2-1-3-10(7)12(14(15)16)11(8)6-9/h4,9H,1-3,5-6H2/t9-/m0/s1. The molecule has 1 aromatic carbocycles. The number of hydrogen-bond donors (Lipinski definition) is 0. The first kappa shape index (κ1) is 9.75. The number of nitro groups is 1. The lowest BCUT2D eigenvalue weighted by molar-refractivity contribution is -0.386. The van der Waals surface area contributed by atoms with Gasteiger partial charge in [0.05, 0.1) is 4.92 Å². The normalized spacial score (nSPS) is 21.9. The minimum Gasteiger partial charge on any atom is -0.258 e. The number of nitro benzene ring substituents is 1. The van der Waals surface area contributed by atoms with Crippen LogP contribution in [0.1, 0.15) is 28.7 Å². The quantitative estimate of drug-likeness (QED) is 0.540. The molecule has 0 fully saturated rings. The highest BCUT2D eigenvalue weighted by Crippen LogP contribution is 2.40. The summed E-state index contributed by atoms with van der Waals surface area (Å²) in [5.41, 5.74) is 3.65. The lowest BCUT2D eigenvalue weighted by Crippen LogP contribution is -2.01. The van der Waals surface area contributed by atoms with Crippen LogP contribution in [0.2, 0.25) is 0 Å². The predicted octanol–water partition coefficient (Wildman–Crippen LogP) is 2.52. The number of aryl methyl sites for hydroxylation is 1. The molecule has 0 amide bonds. The Morgan fingerprint density at radius 3 is 2.81 bits per heavy atom. The van der Waals surface area contributed by atoms with Gasteiger partial charge in [-0.05, 0) is 30.4 Å². The Morgan fingerprint density at radius 1 is 1.25 bits per heavy atom. The van der Waals surface area contributed by atoms with Crippen molar-refractivity contribution in [1.29, 1.82) is 0 Å². The minimum absolute atomic E-state index is 0.213. The number of benzene rings is 1. The van der Waals surface area contributed by atoms with Crippen molar-refractivity contribution < 1.29 is 9.31 Å². The molecule has 2 aliphatic carbocycles. The first-order valence-electron chi connectivity index (χ1n) is 5.62. The van der Waals surface area contributed by atoms with Gasteiger partial charge in [-0.2, -0.15) is 0 Å². The van der Waals surface area contributed by atoms with Crippen LogP contribution < -0.4 is 0 Å². The van der Waals surface area contributed by atoms with E-state index in [4.69, 9.17) is 0 Å². The molecule has 0 saturated carbocycles. The Morgan fingerprint density at radius 2 is 2.06 bits per heavy atom. The molecule has 3 nitrogen and oxygen atoms in total. The van der Waals surface area contributed by atoms with E-state index in [-0.39, 0.29) is 17.0 Å². The SMILES string of the molecule is O=[N+]([O-])c1c2c(cc3c1C[C@@H](F)C3)CCC2. The van der Waals surface area contributed by atoms with E-state index in [1.54, 1.807) is 0 Å². The largest absolute Gasteiger partial charge is 0.276 e. The van der Waals surface area contributed by atoms with Crippen molar-refractivity contribution in [2.45, 2.75) is 38.3 Å². The number of hydrogen-bond acceptors (Lipinski definition) is 2. The Bertz CT molecular complexity index is 484. The van der Waals surface area contributed by atoms with Crippen LogP contribution in [0.4, 0.5) is 10.1 Å². The van der Waals surface area contributed by atoms with Crippen molar-refractivity contribution in [2.24, 2.45) is 0 Å². The van der Waals surface area contributed by atoms with Gasteiger partial charge in [-0.25, -0.2) is 4.39 Å². The maximum absolute atomic E-state index is 13.3. The van der Waals surface area contributed by atoms with Crippen LogP contribution in [0, 0.1) is 10.1 Å². The summed E-state index contributed by atoms with van der Waals surface area (Å²) in [6.07, 6.45) is 2.30. The van der Waals surface area contributed by atoms with Crippen LogP contribution >= 0.6 is 0 Å². The van der Waals surface area contributed by atoms with E-state index in [0.29, 0.717) is 12.0 Å². The third-order valence-corrected chi connectivity index (χ3v) is 3.62. The van der Waals surface area contributed by atoms with Gasteiger partial charge in [-0.15, -0.1) is 0 Å². The lowest BCUT2D eigenvalue weighted by atomic mass is 9.99. The molecule has 1 aromatic rings. The molecule has 0 saturated heterocycles.